The highest BCUT2D eigenvalue weighted by molar-refractivity contribution is 6.30. The van der Waals surface area contributed by atoms with Crippen molar-refractivity contribution in [1.82, 2.24) is 9.80 Å². The summed E-state index contributed by atoms with van der Waals surface area (Å²) in [5.41, 5.74) is 2.34. The van der Waals surface area contributed by atoms with E-state index in [-0.39, 0.29) is 43.4 Å². The minimum atomic E-state index is -0.772. The monoisotopic (exact) mass is 492 g/mol. The third-order valence-electron chi connectivity index (χ3n) is 5.41. The second-order valence-electron chi connectivity index (χ2n) is 7.68. The molecule has 1 aliphatic heterocycles. The van der Waals surface area contributed by atoms with Crippen molar-refractivity contribution in [1.29, 1.82) is 0 Å². The van der Waals surface area contributed by atoms with E-state index in [0.29, 0.717) is 16.0 Å². The molecule has 1 unspecified atom stereocenters. The highest BCUT2D eigenvalue weighted by Crippen LogP contribution is 2.33. The first-order valence-corrected chi connectivity index (χ1v) is 10.3. The topological polar surface area (TPSA) is 43.8 Å². The molecule has 3 rings (SSSR count). The lowest BCUT2D eigenvalue weighted by Gasteiger charge is -2.46. The maximum atomic E-state index is 11.3. The van der Waals surface area contributed by atoms with E-state index >= 15 is 0 Å². The highest BCUT2D eigenvalue weighted by atomic mass is 35.5. The van der Waals surface area contributed by atoms with E-state index in [0.717, 1.165) is 19.6 Å². The maximum Gasteiger partial charge on any atom is 0.317 e. The number of benzene rings is 2. The molecule has 2 aromatic carbocycles. The zero-order valence-electron chi connectivity index (χ0n) is 17.0. The second-order valence-corrected chi connectivity index (χ2v) is 8.55. The summed E-state index contributed by atoms with van der Waals surface area (Å²) in [6, 6.07) is 16.2. The fourth-order valence-corrected chi connectivity index (χ4v) is 4.26. The number of hydrogen-bond donors (Lipinski definition) is 1. The van der Waals surface area contributed by atoms with Gasteiger partial charge in [-0.15, -0.1) is 24.8 Å². The molecule has 1 heterocycles. The Labute approximate surface area is 201 Å². The SMILES string of the molecule is CC(C)C1CN(C(c2ccc(Cl)cc2)c2ccc(Cl)cc2)CCN1CC(=O)O.Cl.Cl. The van der Waals surface area contributed by atoms with Gasteiger partial charge in [-0.05, 0) is 41.3 Å². The number of piperazine rings is 1. The van der Waals surface area contributed by atoms with E-state index in [9.17, 15) is 9.90 Å². The minimum absolute atomic E-state index is 0. The van der Waals surface area contributed by atoms with E-state index in [1.165, 1.54) is 11.1 Å². The Morgan fingerprint density at radius 1 is 0.967 bits per heavy atom. The smallest absolute Gasteiger partial charge is 0.317 e. The number of carboxylic acid groups (broad SMARTS) is 1. The van der Waals surface area contributed by atoms with E-state index in [1.54, 1.807) is 0 Å². The summed E-state index contributed by atoms with van der Waals surface area (Å²) < 4.78 is 0. The zero-order valence-corrected chi connectivity index (χ0v) is 20.1. The van der Waals surface area contributed by atoms with Crippen molar-refractivity contribution in [2.45, 2.75) is 25.9 Å². The molecule has 2 aromatic rings. The lowest BCUT2D eigenvalue weighted by atomic mass is 9.93. The Kier molecular flexibility index (Phi) is 10.9. The van der Waals surface area contributed by atoms with Crippen LogP contribution in [0.2, 0.25) is 10.0 Å². The van der Waals surface area contributed by atoms with Crippen molar-refractivity contribution in [2.24, 2.45) is 5.92 Å². The second kappa shape index (κ2) is 12.1. The summed E-state index contributed by atoms with van der Waals surface area (Å²) in [7, 11) is 0. The number of aliphatic carboxylic acids is 1. The molecule has 1 N–H and O–H groups in total. The molecule has 30 heavy (non-hydrogen) atoms. The van der Waals surface area contributed by atoms with Crippen LogP contribution in [0.25, 0.3) is 0 Å². The third-order valence-corrected chi connectivity index (χ3v) is 5.91. The molecule has 0 amide bonds. The van der Waals surface area contributed by atoms with Crippen LogP contribution in [-0.2, 0) is 4.79 Å². The molecule has 1 atom stereocenters. The number of rotatable bonds is 6. The summed E-state index contributed by atoms with van der Waals surface area (Å²) in [6.07, 6.45) is 0. The maximum absolute atomic E-state index is 11.3. The number of nitrogens with zero attached hydrogens (tertiary/aromatic N) is 2. The Bertz CT molecular complexity index is 754. The molecular formula is C22H28Cl4N2O2. The van der Waals surface area contributed by atoms with Gasteiger partial charge >= 0.3 is 5.97 Å². The summed E-state index contributed by atoms with van der Waals surface area (Å²) in [6.45, 7) is 6.73. The summed E-state index contributed by atoms with van der Waals surface area (Å²) in [4.78, 5) is 15.8. The van der Waals surface area contributed by atoms with Crippen LogP contribution in [0.3, 0.4) is 0 Å². The summed E-state index contributed by atoms with van der Waals surface area (Å²) in [5, 5.41) is 10.7. The van der Waals surface area contributed by atoms with Crippen LogP contribution >= 0.6 is 48.0 Å². The van der Waals surface area contributed by atoms with Crippen LogP contribution < -0.4 is 0 Å². The largest absolute Gasteiger partial charge is 0.480 e. The summed E-state index contributed by atoms with van der Waals surface area (Å²) in [5.74, 6) is -0.413. The predicted octanol–water partition coefficient (Wildman–Crippen LogP) is 5.65. The molecule has 0 saturated carbocycles. The molecule has 0 aliphatic carbocycles. The molecule has 4 nitrogen and oxygen atoms in total. The van der Waals surface area contributed by atoms with E-state index in [4.69, 9.17) is 23.2 Å². The number of carbonyl (C=O) groups is 1. The van der Waals surface area contributed by atoms with Gasteiger partial charge in [0.05, 0.1) is 12.6 Å². The Morgan fingerprint density at radius 3 is 1.83 bits per heavy atom. The molecule has 166 valence electrons. The molecule has 1 aliphatic rings. The van der Waals surface area contributed by atoms with Crippen LogP contribution in [-0.4, -0.2) is 53.1 Å². The van der Waals surface area contributed by atoms with Crippen molar-refractivity contribution in [2.75, 3.05) is 26.2 Å². The van der Waals surface area contributed by atoms with Gasteiger partial charge in [-0.25, -0.2) is 0 Å². The van der Waals surface area contributed by atoms with Gasteiger partial charge < -0.3 is 5.11 Å². The van der Waals surface area contributed by atoms with Crippen LogP contribution in [0.4, 0.5) is 0 Å². The molecule has 8 heteroatoms. The first-order valence-electron chi connectivity index (χ1n) is 9.56. The zero-order chi connectivity index (χ0) is 20.3. The Morgan fingerprint density at radius 2 is 1.43 bits per heavy atom. The number of carboxylic acids is 1. The van der Waals surface area contributed by atoms with Gasteiger partial charge in [0, 0.05) is 35.7 Å². The van der Waals surface area contributed by atoms with Crippen LogP contribution in [0, 0.1) is 5.92 Å². The van der Waals surface area contributed by atoms with Gasteiger partial charge in [0.1, 0.15) is 0 Å². The average Bonchev–Trinajstić information content (AvgIpc) is 2.65. The molecule has 0 aromatic heterocycles. The molecule has 0 spiro atoms. The van der Waals surface area contributed by atoms with Crippen molar-refractivity contribution >= 4 is 54.0 Å². The number of hydrogen-bond acceptors (Lipinski definition) is 3. The fraction of sp³-hybridized carbons (Fsp3) is 0.409. The van der Waals surface area contributed by atoms with Gasteiger partial charge in [0.15, 0.2) is 0 Å². The number of halogens is 4. The van der Waals surface area contributed by atoms with Crippen molar-refractivity contribution in [3.63, 3.8) is 0 Å². The van der Waals surface area contributed by atoms with Gasteiger partial charge in [0.2, 0.25) is 0 Å². The fourth-order valence-electron chi connectivity index (χ4n) is 4.01. The molecule has 0 bridgehead atoms. The predicted molar refractivity (Wildman–Crippen MR) is 129 cm³/mol. The van der Waals surface area contributed by atoms with Crippen LogP contribution in [0.15, 0.2) is 48.5 Å². The Hall–Kier alpha value is -1.01. The highest BCUT2D eigenvalue weighted by Gasteiger charge is 2.34. The van der Waals surface area contributed by atoms with E-state index in [1.807, 2.05) is 24.3 Å². The lowest BCUT2D eigenvalue weighted by molar-refractivity contribution is -0.140. The minimum Gasteiger partial charge on any atom is -0.480 e. The summed E-state index contributed by atoms with van der Waals surface area (Å²) >= 11 is 12.2. The molecular weight excluding hydrogens is 466 g/mol. The first-order chi connectivity index (χ1) is 13.3. The lowest BCUT2D eigenvalue weighted by Crippen LogP contribution is -2.57. The molecule has 0 radical (unpaired) electrons. The van der Waals surface area contributed by atoms with Crippen LogP contribution in [0.1, 0.15) is 31.0 Å². The quantitative estimate of drug-likeness (QED) is 0.564. The van der Waals surface area contributed by atoms with Crippen molar-refractivity contribution in [3.05, 3.63) is 69.7 Å². The van der Waals surface area contributed by atoms with Crippen molar-refractivity contribution < 1.29 is 9.90 Å². The molecule has 1 saturated heterocycles. The van der Waals surface area contributed by atoms with E-state index in [2.05, 4.69) is 47.9 Å². The van der Waals surface area contributed by atoms with Gasteiger partial charge in [-0.3, -0.25) is 14.6 Å². The standard InChI is InChI=1S/C22H26Cl2N2O2.2ClH/c1-15(2)20-13-26(12-11-25(20)14-21(27)28)22(16-3-7-18(23)8-4-16)17-5-9-19(24)10-6-17;;/h3-10,15,20,22H,11-14H2,1-2H3,(H,27,28);2*1H. The molecule has 1 fully saturated rings. The van der Waals surface area contributed by atoms with Gasteiger partial charge in [0.25, 0.3) is 0 Å². The average molecular weight is 494 g/mol. The van der Waals surface area contributed by atoms with Gasteiger partial charge in [-0.1, -0.05) is 61.3 Å². The van der Waals surface area contributed by atoms with Crippen molar-refractivity contribution in [3.8, 4) is 0 Å². The van der Waals surface area contributed by atoms with E-state index < -0.39 is 5.97 Å². The Balaban J connectivity index is 0.00000225. The normalized spacial score (nSPS) is 17.5. The third kappa shape index (κ3) is 6.74. The van der Waals surface area contributed by atoms with Crippen LogP contribution in [0.5, 0.6) is 0 Å². The van der Waals surface area contributed by atoms with Gasteiger partial charge in [-0.2, -0.15) is 0 Å². The first kappa shape index (κ1) is 27.0.